The van der Waals surface area contributed by atoms with Crippen LogP contribution in [-0.4, -0.2) is 17.2 Å². The number of thiophene rings is 1. The minimum Gasteiger partial charge on any atom is -0.449 e. The summed E-state index contributed by atoms with van der Waals surface area (Å²) in [5.41, 5.74) is 2.20. The van der Waals surface area contributed by atoms with E-state index in [9.17, 15) is 14.7 Å². The Hall–Kier alpha value is -2.83. The van der Waals surface area contributed by atoms with Gasteiger partial charge in [-0.05, 0) is 35.2 Å². The number of rotatable bonds is 7. The van der Waals surface area contributed by atoms with Crippen molar-refractivity contribution >= 4 is 40.7 Å². The molecule has 1 aromatic heterocycles. The first-order valence-corrected chi connectivity index (χ1v) is 10.7. The number of benzene rings is 2. The van der Waals surface area contributed by atoms with E-state index >= 15 is 0 Å². The highest BCUT2D eigenvalue weighted by atomic mass is 35.5. The van der Waals surface area contributed by atoms with Crippen LogP contribution in [0.25, 0.3) is 10.4 Å². The molecule has 3 rings (SSSR count). The third-order valence-electron chi connectivity index (χ3n) is 4.32. The Morgan fingerprint density at radius 2 is 1.83 bits per heavy atom. The SMILES string of the molecule is CC(C)CC(=O)N(Cc1cccc(Cl)c1)c1cc(-c2ccccc2)sc1OC(=O)O. The van der Waals surface area contributed by atoms with E-state index in [2.05, 4.69) is 0 Å². The zero-order valence-corrected chi connectivity index (χ0v) is 18.2. The molecule has 7 heteroatoms. The standard InChI is InChI=1S/C23H22ClNO4S/c1-15(2)11-21(26)25(14-16-7-6-10-18(24)12-16)19-13-20(17-8-4-3-5-9-17)30-22(19)29-23(27)28/h3-10,12-13,15H,11,14H2,1-2H3,(H,27,28). The summed E-state index contributed by atoms with van der Waals surface area (Å²) in [4.78, 5) is 26.8. The Labute approximate surface area is 184 Å². The van der Waals surface area contributed by atoms with E-state index in [0.717, 1.165) is 16.0 Å². The number of anilines is 1. The molecule has 0 aliphatic rings. The second-order valence-corrected chi connectivity index (χ2v) is 8.68. The van der Waals surface area contributed by atoms with E-state index in [0.29, 0.717) is 17.1 Å². The van der Waals surface area contributed by atoms with Crippen molar-refractivity contribution in [3.05, 3.63) is 71.2 Å². The number of carbonyl (C=O) groups is 2. The number of ether oxygens (including phenoxy) is 1. The molecule has 0 aliphatic heterocycles. The van der Waals surface area contributed by atoms with Gasteiger partial charge in [0.05, 0.1) is 12.2 Å². The van der Waals surface area contributed by atoms with Crippen LogP contribution in [-0.2, 0) is 11.3 Å². The van der Waals surface area contributed by atoms with Crippen molar-refractivity contribution < 1.29 is 19.4 Å². The molecule has 0 spiro atoms. The molecular weight excluding hydrogens is 422 g/mol. The van der Waals surface area contributed by atoms with Crippen LogP contribution in [0.4, 0.5) is 10.5 Å². The van der Waals surface area contributed by atoms with Crippen molar-refractivity contribution in [1.29, 1.82) is 0 Å². The Balaban J connectivity index is 2.06. The van der Waals surface area contributed by atoms with Gasteiger partial charge in [-0.1, -0.05) is 79.2 Å². The maximum absolute atomic E-state index is 13.1. The molecule has 0 radical (unpaired) electrons. The smallest absolute Gasteiger partial charge is 0.449 e. The molecule has 1 N–H and O–H groups in total. The van der Waals surface area contributed by atoms with Crippen molar-refractivity contribution in [2.24, 2.45) is 5.92 Å². The van der Waals surface area contributed by atoms with Crippen LogP contribution in [0.2, 0.25) is 5.02 Å². The third kappa shape index (κ3) is 5.62. The van der Waals surface area contributed by atoms with Gasteiger partial charge >= 0.3 is 6.16 Å². The molecule has 0 aliphatic carbocycles. The second kappa shape index (κ2) is 9.78. The molecule has 0 bridgehead atoms. The normalized spacial score (nSPS) is 10.8. The minimum absolute atomic E-state index is 0.113. The molecule has 3 aromatic rings. The molecular formula is C23H22ClNO4S. The van der Waals surface area contributed by atoms with Crippen LogP contribution in [0.15, 0.2) is 60.7 Å². The highest BCUT2D eigenvalue weighted by molar-refractivity contribution is 7.18. The first-order chi connectivity index (χ1) is 14.3. The van der Waals surface area contributed by atoms with Crippen molar-refractivity contribution in [1.82, 2.24) is 0 Å². The van der Waals surface area contributed by atoms with E-state index < -0.39 is 6.16 Å². The molecule has 5 nitrogen and oxygen atoms in total. The Bertz CT molecular complexity index is 1030. The molecule has 0 saturated carbocycles. The fourth-order valence-corrected chi connectivity index (χ4v) is 4.26. The Morgan fingerprint density at radius 3 is 2.47 bits per heavy atom. The number of amides is 1. The summed E-state index contributed by atoms with van der Waals surface area (Å²) in [7, 11) is 0. The van der Waals surface area contributed by atoms with Crippen LogP contribution in [0.1, 0.15) is 25.8 Å². The molecule has 0 unspecified atom stereocenters. The summed E-state index contributed by atoms with van der Waals surface area (Å²) >= 11 is 7.31. The summed E-state index contributed by atoms with van der Waals surface area (Å²) < 4.78 is 5.06. The summed E-state index contributed by atoms with van der Waals surface area (Å²) in [6, 6.07) is 18.6. The lowest BCUT2D eigenvalue weighted by molar-refractivity contribution is -0.119. The van der Waals surface area contributed by atoms with Gasteiger partial charge in [-0.15, -0.1) is 0 Å². The minimum atomic E-state index is -1.42. The van der Waals surface area contributed by atoms with Gasteiger partial charge in [0.2, 0.25) is 11.0 Å². The van der Waals surface area contributed by atoms with E-state index in [1.165, 1.54) is 11.3 Å². The zero-order chi connectivity index (χ0) is 21.7. The number of nitrogens with zero attached hydrogens (tertiary/aromatic N) is 1. The summed E-state index contributed by atoms with van der Waals surface area (Å²) in [6.07, 6.45) is -1.10. The maximum Gasteiger partial charge on any atom is 0.512 e. The molecule has 1 heterocycles. The van der Waals surface area contributed by atoms with Crippen molar-refractivity contribution in [2.45, 2.75) is 26.8 Å². The zero-order valence-electron chi connectivity index (χ0n) is 16.7. The number of hydrogen-bond acceptors (Lipinski definition) is 4. The Kier molecular flexibility index (Phi) is 7.13. The fourth-order valence-electron chi connectivity index (χ4n) is 3.03. The fraction of sp³-hybridized carbons (Fsp3) is 0.217. The number of hydrogen-bond donors (Lipinski definition) is 1. The predicted octanol–water partition coefficient (Wildman–Crippen LogP) is 6.70. The van der Waals surface area contributed by atoms with Gasteiger partial charge in [-0.25, -0.2) is 4.79 Å². The van der Waals surface area contributed by atoms with Gasteiger partial charge in [0, 0.05) is 16.3 Å². The quantitative estimate of drug-likeness (QED) is 0.412. The largest absolute Gasteiger partial charge is 0.512 e. The van der Waals surface area contributed by atoms with Crippen molar-refractivity contribution in [3.63, 3.8) is 0 Å². The summed E-state index contributed by atoms with van der Waals surface area (Å²) in [6.45, 7) is 4.19. The predicted molar refractivity (Wildman–Crippen MR) is 121 cm³/mol. The van der Waals surface area contributed by atoms with Gasteiger partial charge in [0.15, 0.2) is 0 Å². The first kappa shape index (κ1) is 21.9. The molecule has 156 valence electrons. The molecule has 0 atom stereocenters. The lowest BCUT2D eigenvalue weighted by atomic mass is 10.1. The van der Waals surface area contributed by atoms with E-state index in [1.54, 1.807) is 23.1 Å². The van der Waals surface area contributed by atoms with E-state index in [1.807, 2.05) is 56.3 Å². The molecule has 30 heavy (non-hydrogen) atoms. The van der Waals surface area contributed by atoms with E-state index in [-0.39, 0.29) is 23.4 Å². The van der Waals surface area contributed by atoms with Gasteiger partial charge in [0.25, 0.3) is 0 Å². The topological polar surface area (TPSA) is 66.8 Å². The van der Waals surface area contributed by atoms with Crippen LogP contribution in [0.5, 0.6) is 5.06 Å². The van der Waals surface area contributed by atoms with Crippen LogP contribution < -0.4 is 9.64 Å². The summed E-state index contributed by atoms with van der Waals surface area (Å²) in [5.74, 6) is 0.0352. The van der Waals surface area contributed by atoms with Crippen LogP contribution in [0, 0.1) is 5.92 Å². The van der Waals surface area contributed by atoms with Gasteiger partial charge in [-0.2, -0.15) is 0 Å². The van der Waals surface area contributed by atoms with Crippen LogP contribution >= 0.6 is 22.9 Å². The van der Waals surface area contributed by atoms with E-state index in [4.69, 9.17) is 16.3 Å². The third-order valence-corrected chi connectivity index (χ3v) is 5.61. The Morgan fingerprint density at radius 1 is 1.10 bits per heavy atom. The second-order valence-electron chi connectivity index (χ2n) is 7.23. The maximum atomic E-state index is 13.1. The average Bonchev–Trinajstić information content (AvgIpc) is 3.09. The first-order valence-electron chi connectivity index (χ1n) is 9.48. The highest BCUT2D eigenvalue weighted by Crippen LogP contribution is 2.43. The monoisotopic (exact) mass is 443 g/mol. The lowest BCUT2D eigenvalue weighted by Gasteiger charge is -2.23. The average molecular weight is 444 g/mol. The molecule has 2 aromatic carbocycles. The van der Waals surface area contributed by atoms with Gasteiger partial charge in [0.1, 0.15) is 0 Å². The highest BCUT2D eigenvalue weighted by Gasteiger charge is 2.25. The van der Waals surface area contributed by atoms with Crippen molar-refractivity contribution in [2.75, 3.05) is 4.90 Å². The van der Waals surface area contributed by atoms with Gasteiger partial charge < -0.3 is 14.7 Å². The number of halogens is 1. The number of carboxylic acid groups (broad SMARTS) is 1. The lowest BCUT2D eigenvalue weighted by Crippen LogP contribution is -2.31. The number of carbonyl (C=O) groups excluding carboxylic acids is 1. The molecule has 1 amide bonds. The van der Waals surface area contributed by atoms with Gasteiger partial charge in [-0.3, -0.25) is 4.79 Å². The molecule has 0 fully saturated rings. The van der Waals surface area contributed by atoms with Crippen LogP contribution in [0.3, 0.4) is 0 Å². The summed E-state index contributed by atoms with van der Waals surface area (Å²) in [5, 5.41) is 9.96. The molecule has 0 saturated heterocycles. The van der Waals surface area contributed by atoms with Crippen molar-refractivity contribution in [3.8, 4) is 15.5 Å².